The Balaban J connectivity index is 3.24. The molecular formula is C8H9F3N4O2. The van der Waals surface area contributed by atoms with Gasteiger partial charge in [0.2, 0.25) is 0 Å². The molecule has 0 spiro atoms. The minimum absolute atomic E-state index is 0.262. The molecule has 0 atom stereocenters. The van der Waals surface area contributed by atoms with Gasteiger partial charge in [-0.2, -0.15) is 13.2 Å². The van der Waals surface area contributed by atoms with Crippen LogP contribution in [0.3, 0.4) is 0 Å². The molecule has 0 bridgehead atoms. The predicted octanol–water partition coefficient (Wildman–Crippen LogP) is 1.90. The summed E-state index contributed by atoms with van der Waals surface area (Å²) < 4.78 is 37.1. The molecule has 0 fully saturated rings. The third-order valence-electron chi connectivity index (χ3n) is 1.71. The summed E-state index contributed by atoms with van der Waals surface area (Å²) >= 11 is 0. The first-order valence-electron chi connectivity index (χ1n) is 4.37. The van der Waals surface area contributed by atoms with Crippen LogP contribution >= 0.6 is 0 Å². The first kappa shape index (κ1) is 13.2. The summed E-state index contributed by atoms with van der Waals surface area (Å²) in [6, 6.07) is 0.595. The van der Waals surface area contributed by atoms with Gasteiger partial charge in [0.25, 0.3) is 0 Å². The number of nitrogens with one attached hydrogen (secondary N) is 1. The second-order valence-electron chi connectivity index (χ2n) is 3.35. The molecule has 9 heteroatoms. The van der Waals surface area contributed by atoms with E-state index < -0.39 is 22.5 Å². The van der Waals surface area contributed by atoms with E-state index in [9.17, 15) is 23.3 Å². The van der Waals surface area contributed by atoms with E-state index in [0.29, 0.717) is 12.3 Å². The lowest BCUT2D eigenvalue weighted by Gasteiger charge is -2.14. The van der Waals surface area contributed by atoms with E-state index in [1.807, 2.05) is 0 Å². The van der Waals surface area contributed by atoms with Gasteiger partial charge in [-0.3, -0.25) is 10.1 Å². The first-order chi connectivity index (χ1) is 7.71. The summed E-state index contributed by atoms with van der Waals surface area (Å²) in [6.07, 6.45) is -4.06. The highest BCUT2D eigenvalue weighted by Crippen LogP contribution is 2.32. The molecule has 1 heterocycles. The molecule has 0 aliphatic rings. The van der Waals surface area contributed by atoms with Crippen molar-refractivity contribution in [2.75, 3.05) is 19.5 Å². The maximum atomic E-state index is 12.4. The third-order valence-corrected chi connectivity index (χ3v) is 1.71. The quantitative estimate of drug-likeness (QED) is 0.655. The van der Waals surface area contributed by atoms with E-state index in [-0.39, 0.29) is 5.69 Å². The van der Waals surface area contributed by atoms with Crippen LogP contribution in [0.25, 0.3) is 0 Å². The lowest BCUT2D eigenvalue weighted by Crippen LogP contribution is -2.21. The molecule has 1 aromatic heterocycles. The van der Waals surface area contributed by atoms with E-state index in [0.717, 1.165) is 0 Å². The Labute approximate surface area is 94.2 Å². The van der Waals surface area contributed by atoms with E-state index in [1.54, 1.807) is 0 Å². The van der Waals surface area contributed by atoms with Gasteiger partial charge in [0.1, 0.15) is 17.6 Å². The number of anilines is 1. The summed E-state index contributed by atoms with van der Waals surface area (Å²) in [5.41, 5.74) is 0.448. The van der Waals surface area contributed by atoms with Crippen molar-refractivity contribution >= 4 is 11.4 Å². The normalized spacial score (nSPS) is 11.6. The zero-order valence-corrected chi connectivity index (χ0v) is 8.95. The largest absolute Gasteiger partial charge is 0.433 e. The number of hydrazine groups is 1. The Kier molecular flexibility index (Phi) is 3.51. The van der Waals surface area contributed by atoms with Crippen molar-refractivity contribution < 1.29 is 18.1 Å². The summed E-state index contributed by atoms with van der Waals surface area (Å²) in [6.45, 7) is 0. The highest BCUT2D eigenvalue weighted by molar-refractivity contribution is 5.60. The van der Waals surface area contributed by atoms with Crippen molar-refractivity contribution in [3.05, 3.63) is 28.1 Å². The third kappa shape index (κ3) is 3.28. The van der Waals surface area contributed by atoms with Gasteiger partial charge < -0.3 is 5.43 Å². The van der Waals surface area contributed by atoms with Crippen molar-refractivity contribution in [1.82, 2.24) is 9.99 Å². The summed E-state index contributed by atoms with van der Waals surface area (Å²) in [5.74, 6) is 0. The fourth-order valence-electron chi connectivity index (χ4n) is 1.08. The molecule has 1 N–H and O–H groups in total. The monoisotopic (exact) mass is 250 g/mol. The zero-order valence-electron chi connectivity index (χ0n) is 8.95. The maximum Gasteiger partial charge on any atom is 0.433 e. The number of pyridine rings is 1. The molecule has 0 saturated carbocycles. The number of nitrogens with zero attached hydrogens (tertiary/aromatic N) is 3. The highest BCUT2D eigenvalue weighted by Gasteiger charge is 2.34. The van der Waals surface area contributed by atoms with Crippen LogP contribution in [0.2, 0.25) is 0 Å². The molecule has 94 valence electrons. The molecule has 0 aliphatic heterocycles. The molecule has 0 saturated heterocycles. The average Bonchev–Trinajstić information content (AvgIpc) is 2.14. The number of nitro groups is 1. The van der Waals surface area contributed by atoms with E-state index in [1.165, 1.54) is 19.1 Å². The average molecular weight is 250 g/mol. The second-order valence-corrected chi connectivity index (χ2v) is 3.35. The molecule has 1 rings (SSSR count). The van der Waals surface area contributed by atoms with Crippen LogP contribution < -0.4 is 5.43 Å². The fraction of sp³-hybridized carbons (Fsp3) is 0.375. The van der Waals surface area contributed by atoms with Gasteiger partial charge in [-0.15, -0.1) is 0 Å². The van der Waals surface area contributed by atoms with Gasteiger partial charge >= 0.3 is 11.9 Å². The van der Waals surface area contributed by atoms with Crippen molar-refractivity contribution in [3.63, 3.8) is 0 Å². The standard InChI is InChI=1S/C8H9F3N4O2/c1-14(2)13-5-3-7(8(9,10)11)12-4-6(5)15(16)17/h3-4H,1-2H3,(H,12,13). The van der Waals surface area contributed by atoms with Crippen LogP contribution in [0.4, 0.5) is 24.5 Å². The molecule has 0 amide bonds. The van der Waals surface area contributed by atoms with Gasteiger partial charge in [-0.05, 0) is 0 Å². The van der Waals surface area contributed by atoms with Gasteiger partial charge in [-0.1, -0.05) is 0 Å². The number of alkyl halides is 3. The van der Waals surface area contributed by atoms with Gasteiger partial charge in [0, 0.05) is 20.2 Å². The van der Waals surface area contributed by atoms with Gasteiger partial charge in [0.15, 0.2) is 0 Å². The minimum Gasteiger partial charge on any atom is -0.313 e. The second kappa shape index (κ2) is 4.53. The fourth-order valence-corrected chi connectivity index (χ4v) is 1.08. The lowest BCUT2D eigenvalue weighted by molar-refractivity contribution is -0.384. The topological polar surface area (TPSA) is 71.3 Å². The minimum atomic E-state index is -4.64. The van der Waals surface area contributed by atoms with Crippen molar-refractivity contribution in [2.45, 2.75) is 6.18 Å². The lowest BCUT2D eigenvalue weighted by atomic mass is 10.3. The van der Waals surface area contributed by atoms with Crippen LogP contribution in [0.5, 0.6) is 0 Å². The number of halogens is 3. The van der Waals surface area contributed by atoms with Crippen LogP contribution in [0.15, 0.2) is 12.3 Å². The molecule has 0 aromatic carbocycles. The Morgan fingerprint density at radius 2 is 2.06 bits per heavy atom. The van der Waals surface area contributed by atoms with Crippen molar-refractivity contribution in [2.24, 2.45) is 0 Å². The van der Waals surface area contributed by atoms with Crippen LogP contribution in [0.1, 0.15) is 5.69 Å². The molecule has 0 unspecified atom stereocenters. The Hall–Kier alpha value is -1.90. The maximum absolute atomic E-state index is 12.4. The number of hydrogen-bond acceptors (Lipinski definition) is 5. The predicted molar refractivity (Wildman–Crippen MR) is 53.2 cm³/mol. The SMILES string of the molecule is CN(C)Nc1cc(C(F)(F)F)ncc1[N+](=O)[O-]. The number of hydrogen-bond donors (Lipinski definition) is 1. The highest BCUT2D eigenvalue weighted by atomic mass is 19.4. The molecule has 17 heavy (non-hydrogen) atoms. The molecular weight excluding hydrogens is 241 g/mol. The smallest absolute Gasteiger partial charge is 0.313 e. The number of aromatic nitrogens is 1. The summed E-state index contributed by atoms with van der Waals surface area (Å²) in [5, 5.41) is 11.9. The van der Waals surface area contributed by atoms with E-state index >= 15 is 0 Å². The number of rotatable bonds is 3. The Morgan fingerprint density at radius 3 is 2.47 bits per heavy atom. The van der Waals surface area contributed by atoms with Crippen LogP contribution in [-0.2, 0) is 6.18 Å². The van der Waals surface area contributed by atoms with Crippen molar-refractivity contribution in [3.8, 4) is 0 Å². The van der Waals surface area contributed by atoms with Crippen molar-refractivity contribution in [1.29, 1.82) is 0 Å². The summed E-state index contributed by atoms with van der Waals surface area (Å²) in [4.78, 5) is 12.8. The molecule has 1 aromatic rings. The van der Waals surface area contributed by atoms with Crippen LogP contribution in [-0.4, -0.2) is 29.0 Å². The van der Waals surface area contributed by atoms with Gasteiger partial charge in [0.05, 0.1) is 4.92 Å². The first-order valence-corrected chi connectivity index (χ1v) is 4.37. The zero-order chi connectivity index (χ0) is 13.2. The molecule has 0 radical (unpaired) electrons. The van der Waals surface area contributed by atoms with E-state index in [4.69, 9.17) is 0 Å². The van der Waals surface area contributed by atoms with Crippen LogP contribution in [0, 0.1) is 10.1 Å². The molecule has 6 nitrogen and oxygen atoms in total. The van der Waals surface area contributed by atoms with E-state index in [2.05, 4.69) is 10.4 Å². The Morgan fingerprint density at radius 1 is 1.47 bits per heavy atom. The van der Waals surface area contributed by atoms with Gasteiger partial charge in [-0.25, -0.2) is 9.99 Å². The molecule has 0 aliphatic carbocycles. The summed E-state index contributed by atoms with van der Waals surface area (Å²) in [7, 11) is 2.99. The Bertz CT molecular complexity index is 433.